The predicted octanol–water partition coefficient (Wildman–Crippen LogP) is 4.36. The lowest BCUT2D eigenvalue weighted by Gasteiger charge is -2.33. The van der Waals surface area contributed by atoms with Gasteiger partial charge in [-0.3, -0.25) is 4.79 Å². The lowest BCUT2D eigenvalue weighted by Crippen LogP contribution is -2.50. The largest absolute Gasteiger partial charge is 0.486 e. The third kappa shape index (κ3) is 6.01. The first-order valence-corrected chi connectivity index (χ1v) is 9.93. The van der Waals surface area contributed by atoms with Crippen molar-refractivity contribution in [2.75, 3.05) is 19.7 Å². The zero-order chi connectivity index (χ0) is 22.6. The highest BCUT2D eigenvalue weighted by molar-refractivity contribution is 6.00. The van der Waals surface area contributed by atoms with E-state index >= 15 is 0 Å². The summed E-state index contributed by atoms with van der Waals surface area (Å²) < 4.78 is 45.2. The average Bonchev–Trinajstić information content (AvgIpc) is 2.73. The summed E-state index contributed by atoms with van der Waals surface area (Å²) in [6.45, 7) is 5.45. The summed E-state index contributed by atoms with van der Waals surface area (Å²) in [5.41, 5.74) is -0.361. The van der Waals surface area contributed by atoms with Crippen molar-refractivity contribution in [2.24, 2.45) is 0 Å². The third-order valence-electron chi connectivity index (χ3n) is 4.53. The Kier molecular flexibility index (Phi) is 6.90. The number of benzene rings is 2. The Bertz CT molecular complexity index is 943. The molecule has 8 heteroatoms. The topological polar surface area (TPSA) is 65.1 Å². The summed E-state index contributed by atoms with van der Waals surface area (Å²) in [4.78, 5) is 26.3. The van der Waals surface area contributed by atoms with Crippen LogP contribution >= 0.6 is 0 Å². The SMILES string of the molecule is CC(C)(C)OC(=O)N1CCOC(C(=O)c2cc(F)c(OCc3ccccc3)cc2F)C1. The number of hydrogen-bond acceptors (Lipinski definition) is 5. The van der Waals surface area contributed by atoms with E-state index in [0.717, 1.165) is 17.7 Å². The molecule has 1 fully saturated rings. The molecule has 1 aliphatic rings. The van der Waals surface area contributed by atoms with Crippen molar-refractivity contribution in [3.8, 4) is 5.75 Å². The molecule has 31 heavy (non-hydrogen) atoms. The molecular weight excluding hydrogens is 408 g/mol. The molecule has 0 saturated carbocycles. The summed E-state index contributed by atoms with van der Waals surface area (Å²) in [7, 11) is 0. The zero-order valence-electron chi connectivity index (χ0n) is 17.7. The standard InChI is InChI=1S/C23H25F2NO5/c1-23(2,3)31-22(28)26-9-10-29-20(13-26)21(27)16-11-18(25)19(12-17(16)24)30-14-15-7-5-4-6-8-15/h4-8,11-12,20H,9-10,13-14H2,1-3H3. The van der Waals surface area contributed by atoms with Gasteiger partial charge in [0.1, 0.15) is 24.1 Å². The fourth-order valence-electron chi connectivity index (χ4n) is 3.04. The first-order valence-electron chi connectivity index (χ1n) is 9.93. The van der Waals surface area contributed by atoms with Gasteiger partial charge in [-0.15, -0.1) is 0 Å². The highest BCUT2D eigenvalue weighted by Crippen LogP contribution is 2.25. The maximum atomic E-state index is 14.6. The van der Waals surface area contributed by atoms with Crippen LogP contribution in [0.5, 0.6) is 5.75 Å². The number of carbonyl (C=O) groups is 2. The van der Waals surface area contributed by atoms with Crippen LogP contribution in [0.2, 0.25) is 0 Å². The van der Waals surface area contributed by atoms with Gasteiger partial charge >= 0.3 is 6.09 Å². The molecule has 1 unspecified atom stereocenters. The van der Waals surface area contributed by atoms with Crippen molar-refractivity contribution < 1.29 is 32.6 Å². The van der Waals surface area contributed by atoms with Crippen molar-refractivity contribution in [1.82, 2.24) is 4.90 Å². The van der Waals surface area contributed by atoms with E-state index in [0.29, 0.717) is 0 Å². The molecule has 0 N–H and O–H groups in total. The predicted molar refractivity (Wildman–Crippen MR) is 109 cm³/mol. The second kappa shape index (κ2) is 9.43. The van der Waals surface area contributed by atoms with E-state index in [2.05, 4.69) is 0 Å². The third-order valence-corrected chi connectivity index (χ3v) is 4.53. The number of halogens is 2. The van der Waals surface area contributed by atoms with E-state index in [-0.39, 0.29) is 32.1 Å². The van der Waals surface area contributed by atoms with Crippen LogP contribution in [-0.2, 0) is 16.1 Å². The van der Waals surface area contributed by atoms with Crippen LogP contribution in [0.4, 0.5) is 13.6 Å². The summed E-state index contributed by atoms with van der Waals surface area (Å²) in [6, 6.07) is 10.7. The molecular formula is C23H25F2NO5. The minimum absolute atomic E-state index is 0.0566. The quantitative estimate of drug-likeness (QED) is 0.656. The Labute approximate surface area is 179 Å². The molecule has 166 valence electrons. The van der Waals surface area contributed by atoms with E-state index in [1.165, 1.54) is 4.90 Å². The molecule has 3 rings (SSSR count). The van der Waals surface area contributed by atoms with Gasteiger partial charge in [0, 0.05) is 12.6 Å². The van der Waals surface area contributed by atoms with Gasteiger partial charge in [-0.05, 0) is 32.4 Å². The molecule has 1 amide bonds. The number of rotatable bonds is 5. The maximum absolute atomic E-state index is 14.6. The molecule has 1 saturated heterocycles. The number of Topliss-reactive ketones (excluding diaryl/α,β-unsaturated/α-hetero) is 1. The summed E-state index contributed by atoms with van der Waals surface area (Å²) in [6.07, 6.45) is -1.71. The van der Waals surface area contributed by atoms with Gasteiger partial charge in [0.2, 0.25) is 0 Å². The Morgan fingerprint density at radius 1 is 1.13 bits per heavy atom. The second-order valence-electron chi connectivity index (χ2n) is 8.19. The summed E-state index contributed by atoms with van der Waals surface area (Å²) in [5, 5.41) is 0. The van der Waals surface area contributed by atoms with Crippen LogP contribution < -0.4 is 4.74 Å². The van der Waals surface area contributed by atoms with Crippen LogP contribution in [-0.4, -0.2) is 48.2 Å². The monoisotopic (exact) mass is 433 g/mol. The number of ketones is 1. The van der Waals surface area contributed by atoms with Crippen LogP contribution in [0.1, 0.15) is 36.7 Å². The molecule has 0 aliphatic carbocycles. The molecule has 2 aromatic rings. The number of carbonyl (C=O) groups excluding carboxylic acids is 2. The summed E-state index contributed by atoms with van der Waals surface area (Å²) in [5.74, 6) is -2.83. The van der Waals surface area contributed by atoms with E-state index in [1.807, 2.05) is 18.2 Å². The van der Waals surface area contributed by atoms with E-state index < -0.39 is 40.8 Å². The number of morpholine rings is 1. The van der Waals surface area contributed by atoms with Crippen molar-refractivity contribution >= 4 is 11.9 Å². The zero-order valence-corrected chi connectivity index (χ0v) is 17.7. The Morgan fingerprint density at radius 3 is 2.52 bits per heavy atom. The molecule has 0 bridgehead atoms. The van der Waals surface area contributed by atoms with E-state index in [9.17, 15) is 18.4 Å². The first-order chi connectivity index (χ1) is 14.6. The maximum Gasteiger partial charge on any atom is 0.410 e. The van der Waals surface area contributed by atoms with Gasteiger partial charge in [0.15, 0.2) is 17.3 Å². The lowest BCUT2D eigenvalue weighted by atomic mass is 10.0. The number of ether oxygens (including phenoxy) is 3. The van der Waals surface area contributed by atoms with Gasteiger partial charge in [-0.25, -0.2) is 13.6 Å². The van der Waals surface area contributed by atoms with E-state index in [1.54, 1.807) is 32.9 Å². The van der Waals surface area contributed by atoms with Crippen molar-refractivity contribution in [1.29, 1.82) is 0 Å². The van der Waals surface area contributed by atoms with Gasteiger partial charge in [-0.1, -0.05) is 30.3 Å². The normalized spacial score (nSPS) is 16.7. The average molecular weight is 433 g/mol. The van der Waals surface area contributed by atoms with Gasteiger partial charge in [0.25, 0.3) is 0 Å². The molecule has 1 aliphatic heterocycles. The number of amides is 1. The second-order valence-corrected chi connectivity index (χ2v) is 8.19. The Hall–Kier alpha value is -3.00. The molecule has 0 radical (unpaired) electrons. The smallest absolute Gasteiger partial charge is 0.410 e. The Balaban J connectivity index is 1.69. The van der Waals surface area contributed by atoms with Crippen LogP contribution in [0.3, 0.4) is 0 Å². The highest BCUT2D eigenvalue weighted by Gasteiger charge is 2.33. The molecule has 0 spiro atoms. The van der Waals surface area contributed by atoms with Crippen LogP contribution in [0.15, 0.2) is 42.5 Å². The highest BCUT2D eigenvalue weighted by atomic mass is 19.1. The number of nitrogens with zero attached hydrogens (tertiary/aromatic N) is 1. The van der Waals surface area contributed by atoms with Gasteiger partial charge in [-0.2, -0.15) is 0 Å². The summed E-state index contributed by atoms with van der Waals surface area (Å²) >= 11 is 0. The Morgan fingerprint density at radius 2 is 1.84 bits per heavy atom. The minimum Gasteiger partial charge on any atom is -0.486 e. The van der Waals surface area contributed by atoms with E-state index in [4.69, 9.17) is 14.2 Å². The number of hydrogen-bond donors (Lipinski definition) is 0. The van der Waals surface area contributed by atoms with Gasteiger partial charge in [0.05, 0.1) is 18.7 Å². The molecule has 0 aromatic heterocycles. The molecule has 6 nitrogen and oxygen atoms in total. The van der Waals surface area contributed by atoms with Gasteiger partial charge < -0.3 is 19.1 Å². The molecule has 2 aromatic carbocycles. The fraction of sp³-hybridized carbons (Fsp3) is 0.391. The van der Waals surface area contributed by atoms with Crippen LogP contribution in [0.25, 0.3) is 0 Å². The van der Waals surface area contributed by atoms with Crippen molar-refractivity contribution in [3.05, 3.63) is 65.2 Å². The van der Waals surface area contributed by atoms with Crippen molar-refractivity contribution in [3.63, 3.8) is 0 Å². The molecule has 1 atom stereocenters. The first kappa shape index (κ1) is 22.7. The minimum atomic E-state index is -1.12. The molecule has 1 heterocycles. The fourth-order valence-corrected chi connectivity index (χ4v) is 3.04. The van der Waals surface area contributed by atoms with Crippen LogP contribution in [0, 0.1) is 11.6 Å². The van der Waals surface area contributed by atoms with Crippen molar-refractivity contribution in [2.45, 2.75) is 39.1 Å². The lowest BCUT2D eigenvalue weighted by molar-refractivity contribution is -0.0322.